The highest BCUT2D eigenvalue weighted by Crippen LogP contribution is 2.53. The Morgan fingerprint density at radius 3 is 2.81 bits per heavy atom. The first-order valence-electron chi connectivity index (χ1n) is 12.7. The lowest BCUT2D eigenvalue weighted by molar-refractivity contribution is 0.442. The minimum atomic E-state index is -0.328. The predicted octanol–water partition coefficient (Wildman–Crippen LogP) is 4.09. The van der Waals surface area contributed by atoms with Gasteiger partial charge in [-0.2, -0.15) is 9.97 Å². The third-order valence-corrected chi connectivity index (χ3v) is 8.19. The minimum absolute atomic E-state index is 0.0740. The van der Waals surface area contributed by atoms with Crippen LogP contribution in [0.25, 0.3) is 33.1 Å². The predicted molar refractivity (Wildman–Crippen MR) is 139 cm³/mol. The van der Waals surface area contributed by atoms with Gasteiger partial charge in [0.05, 0.1) is 29.1 Å². The van der Waals surface area contributed by atoms with Crippen LogP contribution in [0.5, 0.6) is 11.8 Å². The van der Waals surface area contributed by atoms with E-state index >= 15 is 0 Å². The van der Waals surface area contributed by atoms with Crippen molar-refractivity contribution in [1.82, 2.24) is 29.5 Å². The Kier molecular flexibility index (Phi) is 4.16. The van der Waals surface area contributed by atoms with E-state index in [9.17, 15) is 4.39 Å². The number of nitrogens with one attached hydrogen (secondary N) is 2. The molecule has 4 N–H and O–H groups in total. The molecular formula is C26H26FN9O. The molecule has 188 valence electrons. The summed E-state index contributed by atoms with van der Waals surface area (Å²) in [4.78, 5) is 24.2. The summed E-state index contributed by atoms with van der Waals surface area (Å²) in [6.07, 6.45) is 8.08. The van der Waals surface area contributed by atoms with Gasteiger partial charge in [-0.05, 0) is 37.8 Å². The summed E-state index contributed by atoms with van der Waals surface area (Å²) in [7, 11) is 1.77. The van der Waals surface area contributed by atoms with E-state index in [-0.39, 0.29) is 23.3 Å². The highest BCUT2D eigenvalue weighted by atomic mass is 19.1. The SMILES string of the molecule is CNc1cc(F)cc2c1[nH]c1nc(Oc3cnc4c(c3)ncn4C3CC3)nc(N3C[C@H](N)C4(CC4)C3)c12. The smallest absolute Gasteiger partial charge is 0.326 e. The fourth-order valence-corrected chi connectivity index (χ4v) is 5.82. The van der Waals surface area contributed by atoms with E-state index in [0.29, 0.717) is 35.5 Å². The first-order valence-corrected chi connectivity index (χ1v) is 12.7. The topological polar surface area (TPSA) is 123 Å². The van der Waals surface area contributed by atoms with Gasteiger partial charge in [0.1, 0.15) is 22.8 Å². The van der Waals surface area contributed by atoms with Crippen molar-refractivity contribution in [2.75, 3.05) is 30.4 Å². The van der Waals surface area contributed by atoms with Crippen molar-refractivity contribution in [3.8, 4) is 11.8 Å². The molecule has 1 aliphatic heterocycles. The lowest BCUT2D eigenvalue weighted by atomic mass is 10.0. The maximum atomic E-state index is 14.6. The van der Waals surface area contributed by atoms with Crippen LogP contribution in [0.1, 0.15) is 31.7 Å². The molecule has 1 aromatic carbocycles. The molecule has 5 aromatic rings. The molecule has 1 saturated heterocycles. The number of aromatic amines is 1. The molecule has 5 heterocycles. The number of hydrogen-bond acceptors (Lipinski definition) is 8. The van der Waals surface area contributed by atoms with Crippen molar-refractivity contribution in [3.63, 3.8) is 0 Å². The van der Waals surface area contributed by atoms with Gasteiger partial charge in [-0.1, -0.05) is 0 Å². The number of rotatable bonds is 5. The second-order valence-corrected chi connectivity index (χ2v) is 10.7. The Morgan fingerprint density at radius 1 is 1.19 bits per heavy atom. The van der Waals surface area contributed by atoms with Crippen molar-refractivity contribution in [3.05, 3.63) is 36.5 Å². The highest BCUT2D eigenvalue weighted by Gasteiger charge is 2.54. The number of fused-ring (bicyclic) bond motifs is 4. The van der Waals surface area contributed by atoms with Crippen LogP contribution >= 0.6 is 0 Å². The Bertz CT molecular complexity index is 1720. The molecule has 2 aliphatic carbocycles. The summed E-state index contributed by atoms with van der Waals surface area (Å²) >= 11 is 0. The standard InChI is InChI=1S/C26H26FN9O/c1-29-17-7-13(27)6-16-20-22(32-21(16)17)33-25(34-24(20)35-10-19(28)26(11-35)4-5-26)37-15-8-18-23(30-9-15)36(12-31-18)14-2-3-14/h6-9,12,14,19,29H,2-5,10-11,28H2,1H3,(H,32,33,34)/t19-/m0/s1. The summed E-state index contributed by atoms with van der Waals surface area (Å²) < 4.78 is 22.8. The summed E-state index contributed by atoms with van der Waals surface area (Å²) in [5.41, 5.74) is 10.3. The Labute approximate surface area is 211 Å². The van der Waals surface area contributed by atoms with E-state index in [1.54, 1.807) is 13.2 Å². The van der Waals surface area contributed by atoms with E-state index in [1.165, 1.54) is 12.1 Å². The average Bonchev–Trinajstić information content (AvgIpc) is 3.78. The zero-order valence-corrected chi connectivity index (χ0v) is 20.3. The zero-order chi connectivity index (χ0) is 24.9. The van der Waals surface area contributed by atoms with Crippen LogP contribution < -0.4 is 20.7 Å². The zero-order valence-electron chi connectivity index (χ0n) is 20.3. The monoisotopic (exact) mass is 499 g/mol. The van der Waals surface area contributed by atoms with Gasteiger partial charge in [-0.3, -0.25) is 0 Å². The van der Waals surface area contributed by atoms with Crippen molar-refractivity contribution < 1.29 is 9.13 Å². The molecule has 0 unspecified atom stereocenters. The van der Waals surface area contributed by atoms with Gasteiger partial charge in [0.25, 0.3) is 0 Å². The highest BCUT2D eigenvalue weighted by molar-refractivity contribution is 6.14. The van der Waals surface area contributed by atoms with Crippen molar-refractivity contribution in [2.24, 2.45) is 11.1 Å². The number of imidazole rings is 1. The normalized spacial score (nSPS) is 20.5. The van der Waals surface area contributed by atoms with Crippen LogP contribution in [0.15, 0.2) is 30.7 Å². The molecular weight excluding hydrogens is 473 g/mol. The minimum Gasteiger partial charge on any atom is -0.422 e. The van der Waals surface area contributed by atoms with Crippen LogP contribution in [0.2, 0.25) is 0 Å². The van der Waals surface area contributed by atoms with Crippen LogP contribution in [0, 0.1) is 11.2 Å². The van der Waals surface area contributed by atoms with Crippen LogP contribution in [0.3, 0.4) is 0 Å². The number of pyridine rings is 1. The van der Waals surface area contributed by atoms with E-state index < -0.39 is 0 Å². The van der Waals surface area contributed by atoms with Gasteiger partial charge >= 0.3 is 6.01 Å². The molecule has 1 atom stereocenters. The quantitative estimate of drug-likeness (QED) is 0.330. The van der Waals surface area contributed by atoms with Crippen LogP contribution in [0.4, 0.5) is 15.9 Å². The second-order valence-electron chi connectivity index (χ2n) is 10.7. The lowest BCUT2D eigenvalue weighted by Gasteiger charge is -2.19. The lowest BCUT2D eigenvalue weighted by Crippen LogP contribution is -2.30. The summed E-state index contributed by atoms with van der Waals surface area (Å²) in [6, 6.07) is 5.61. The largest absolute Gasteiger partial charge is 0.422 e. The molecule has 4 aromatic heterocycles. The fourth-order valence-electron chi connectivity index (χ4n) is 5.82. The van der Waals surface area contributed by atoms with Gasteiger partial charge in [0.2, 0.25) is 0 Å². The molecule has 0 amide bonds. The molecule has 3 fully saturated rings. The van der Waals surface area contributed by atoms with Crippen LogP contribution in [-0.4, -0.2) is 55.7 Å². The number of benzene rings is 1. The number of hydrogen-bond donors (Lipinski definition) is 3. The van der Waals surface area contributed by atoms with Crippen molar-refractivity contribution in [1.29, 1.82) is 0 Å². The van der Waals surface area contributed by atoms with Crippen molar-refractivity contribution >= 4 is 44.6 Å². The van der Waals surface area contributed by atoms with Crippen molar-refractivity contribution in [2.45, 2.75) is 37.8 Å². The first kappa shape index (κ1) is 21.1. The number of halogens is 1. The molecule has 0 radical (unpaired) electrons. The molecule has 0 bridgehead atoms. The number of H-pyrrole nitrogens is 1. The number of anilines is 2. The van der Waals surface area contributed by atoms with Gasteiger partial charge in [-0.15, -0.1) is 0 Å². The first-order chi connectivity index (χ1) is 18.0. The molecule has 8 rings (SSSR count). The summed E-state index contributed by atoms with van der Waals surface area (Å²) in [6.45, 7) is 1.49. The third-order valence-electron chi connectivity index (χ3n) is 8.19. The van der Waals surface area contributed by atoms with Gasteiger partial charge in [0, 0.05) is 49.1 Å². The average molecular weight is 500 g/mol. The summed E-state index contributed by atoms with van der Waals surface area (Å²) in [5.74, 6) is 0.879. The maximum Gasteiger partial charge on any atom is 0.326 e. The van der Waals surface area contributed by atoms with E-state index in [4.69, 9.17) is 15.5 Å². The molecule has 3 aliphatic rings. The molecule has 11 heteroatoms. The number of nitrogens with two attached hydrogens (primary N) is 1. The van der Waals surface area contributed by atoms with E-state index in [1.807, 2.05) is 12.4 Å². The Morgan fingerprint density at radius 2 is 2.05 bits per heavy atom. The van der Waals surface area contributed by atoms with Crippen LogP contribution in [-0.2, 0) is 0 Å². The molecule has 1 spiro atoms. The molecule has 10 nitrogen and oxygen atoms in total. The third kappa shape index (κ3) is 3.19. The second kappa shape index (κ2) is 7.28. The number of ether oxygens (including phenoxy) is 1. The van der Waals surface area contributed by atoms with Gasteiger partial charge < -0.3 is 30.2 Å². The molecule has 2 saturated carbocycles. The number of nitrogens with zero attached hydrogens (tertiary/aromatic N) is 6. The number of aromatic nitrogens is 6. The Hall–Kier alpha value is -3.99. The molecule has 37 heavy (non-hydrogen) atoms. The Balaban J connectivity index is 1.26. The maximum absolute atomic E-state index is 14.6. The van der Waals surface area contributed by atoms with E-state index in [0.717, 1.165) is 59.7 Å². The van der Waals surface area contributed by atoms with Gasteiger partial charge in [-0.25, -0.2) is 14.4 Å². The van der Waals surface area contributed by atoms with Gasteiger partial charge in [0.15, 0.2) is 11.4 Å². The fraction of sp³-hybridized carbons (Fsp3) is 0.385. The van der Waals surface area contributed by atoms with E-state index in [2.05, 4.69) is 34.7 Å². The summed E-state index contributed by atoms with van der Waals surface area (Å²) in [5, 5.41) is 4.56.